The maximum Gasteiger partial charge on any atom is 0.125 e. The van der Waals surface area contributed by atoms with Crippen molar-refractivity contribution in [1.29, 1.82) is 0 Å². The molecule has 0 bridgehead atoms. The van der Waals surface area contributed by atoms with E-state index in [9.17, 15) is 0 Å². The zero-order valence-corrected chi connectivity index (χ0v) is 10.1. The summed E-state index contributed by atoms with van der Waals surface area (Å²) >= 11 is 0. The van der Waals surface area contributed by atoms with Gasteiger partial charge >= 0.3 is 0 Å². The van der Waals surface area contributed by atoms with E-state index in [1.807, 2.05) is 31.6 Å². The molecule has 2 N–H and O–H groups in total. The zero-order chi connectivity index (χ0) is 12.5. The standard InChI is InChI=1S/C12H13N3.CH4O/c1-13-12-5-4-11(9-15-12)7-10-3-2-6-14-8-10;1-2/h2-6,8-9H,7H2,1H3,(H,13,15);2H,1H3. The summed E-state index contributed by atoms with van der Waals surface area (Å²) in [6, 6.07) is 8.07. The van der Waals surface area contributed by atoms with Gasteiger partial charge < -0.3 is 10.4 Å². The molecule has 0 saturated carbocycles. The van der Waals surface area contributed by atoms with Gasteiger partial charge in [-0.15, -0.1) is 0 Å². The Hall–Kier alpha value is -1.94. The van der Waals surface area contributed by atoms with Gasteiger partial charge in [0.25, 0.3) is 0 Å². The van der Waals surface area contributed by atoms with E-state index in [-0.39, 0.29) is 0 Å². The van der Waals surface area contributed by atoms with Crippen LogP contribution in [0.15, 0.2) is 42.9 Å². The van der Waals surface area contributed by atoms with Crippen LogP contribution in [0.25, 0.3) is 0 Å². The Morgan fingerprint density at radius 3 is 2.41 bits per heavy atom. The van der Waals surface area contributed by atoms with E-state index in [1.54, 1.807) is 6.20 Å². The van der Waals surface area contributed by atoms with Crippen LogP contribution in [0.2, 0.25) is 0 Å². The summed E-state index contributed by atoms with van der Waals surface area (Å²) in [5.41, 5.74) is 2.40. The van der Waals surface area contributed by atoms with Gasteiger partial charge in [0.05, 0.1) is 0 Å². The van der Waals surface area contributed by atoms with Crippen LogP contribution >= 0.6 is 0 Å². The van der Waals surface area contributed by atoms with Crippen LogP contribution in [-0.4, -0.2) is 29.2 Å². The third-order valence-electron chi connectivity index (χ3n) is 2.21. The number of rotatable bonds is 3. The summed E-state index contributed by atoms with van der Waals surface area (Å²) in [5, 5.41) is 9.99. The van der Waals surface area contributed by atoms with Crippen molar-refractivity contribution < 1.29 is 5.11 Å². The van der Waals surface area contributed by atoms with Gasteiger partial charge in [-0.3, -0.25) is 4.98 Å². The van der Waals surface area contributed by atoms with Gasteiger partial charge in [0, 0.05) is 39.2 Å². The maximum atomic E-state index is 7.00. The molecule has 0 aliphatic rings. The summed E-state index contributed by atoms with van der Waals surface area (Å²) in [4.78, 5) is 8.34. The topological polar surface area (TPSA) is 58.0 Å². The van der Waals surface area contributed by atoms with E-state index in [4.69, 9.17) is 5.11 Å². The average Bonchev–Trinajstić information content (AvgIpc) is 2.43. The summed E-state index contributed by atoms with van der Waals surface area (Å²) < 4.78 is 0. The Balaban J connectivity index is 0.000000686. The maximum absolute atomic E-state index is 7.00. The summed E-state index contributed by atoms with van der Waals surface area (Å²) in [6.07, 6.45) is 6.43. The number of pyridine rings is 2. The quantitative estimate of drug-likeness (QED) is 0.844. The van der Waals surface area contributed by atoms with Gasteiger partial charge in [0.1, 0.15) is 5.82 Å². The minimum absolute atomic E-state index is 0.880. The Morgan fingerprint density at radius 2 is 1.88 bits per heavy atom. The van der Waals surface area contributed by atoms with E-state index >= 15 is 0 Å². The summed E-state index contributed by atoms with van der Waals surface area (Å²) in [5.74, 6) is 0.893. The van der Waals surface area contributed by atoms with E-state index < -0.39 is 0 Å². The molecule has 0 amide bonds. The second-order valence-corrected chi connectivity index (χ2v) is 3.34. The molecule has 17 heavy (non-hydrogen) atoms. The van der Waals surface area contributed by atoms with Gasteiger partial charge in [0.15, 0.2) is 0 Å². The van der Waals surface area contributed by atoms with Gasteiger partial charge in [-0.05, 0) is 23.3 Å². The molecule has 2 rings (SSSR count). The largest absolute Gasteiger partial charge is 0.400 e. The number of hydrogen-bond donors (Lipinski definition) is 2. The van der Waals surface area contributed by atoms with Crippen LogP contribution in [0.3, 0.4) is 0 Å². The minimum Gasteiger partial charge on any atom is -0.400 e. The lowest BCUT2D eigenvalue weighted by Crippen LogP contribution is -1.94. The van der Waals surface area contributed by atoms with Crippen LogP contribution in [0.5, 0.6) is 0 Å². The van der Waals surface area contributed by atoms with Crippen LogP contribution in [0, 0.1) is 0 Å². The van der Waals surface area contributed by atoms with Crippen molar-refractivity contribution in [3.63, 3.8) is 0 Å². The van der Waals surface area contributed by atoms with Gasteiger partial charge in [-0.1, -0.05) is 12.1 Å². The van der Waals surface area contributed by atoms with Crippen molar-refractivity contribution in [2.24, 2.45) is 0 Å². The third-order valence-corrected chi connectivity index (χ3v) is 2.21. The first-order valence-electron chi connectivity index (χ1n) is 5.35. The molecule has 0 aliphatic heterocycles. The van der Waals surface area contributed by atoms with E-state index in [2.05, 4.69) is 27.4 Å². The van der Waals surface area contributed by atoms with Crippen molar-refractivity contribution in [1.82, 2.24) is 9.97 Å². The second kappa shape index (κ2) is 7.35. The Morgan fingerprint density at radius 1 is 1.12 bits per heavy atom. The van der Waals surface area contributed by atoms with Gasteiger partial charge in [-0.2, -0.15) is 0 Å². The van der Waals surface area contributed by atoms with Crippen LogP contribution in [-0.2, 0) is 6.42 Å². The molecule has 0 unspecified atom stereocenters. The minimum atomic E-state index is 0.880. The summed E-state index contributed by atoms with van der Waals surface area (Å²) in [7, 11) is 2.86. The van der Waals surface area contributed by atoms with Gasteiger partial charge in [0.2, 0.25) is 0 Å². The first-order chi connectivity index (χ1) is 8.38. The number of aliphatic hydroxyl groups excluding tert-OH is 1. The van der Waals surface area contributed by atoms with Crippen LogP contribution in [0.1, 0.15) is 11.1 Å². The molecule has 2 aromatic rings. The average molecular weight is 231 g/mol. The molecule has 0 aromatic carbocycles. The molecule has 90 valence electrons. The number of aromatic nitrogens is 2. The highest BCUT2D eigenvalue weighted by atomic mass is 16.2. The predicted molar refractivity (Wildman–Crippen MR) is 69.0 cm³/mol. The molecule has 0 aliphatic carbocycles. The van der Waals surface area contributed by atoms with Gasteiger partial charge in [-0.25, -0.2) is 4.98 Å². The number of nitrogens with zero attached hydrogens (tertiary/aromatic N) is 2. The normalized spacial score (nSPS) is 9.12. The Labute approximate surface area is 101 Å². The highest BCUT2D eigenvalue weighted by molar-refractivity contribution is 5.35. The smallest absolute Gasteiger partial charge is 0.125 e. The van der Waals surface area contributed by atoms with Crippen molar-refractivity contribution in [2.75, 3.05) is 19.5 Å². The molecule has 0 radical (unpaired) electrons. The number of aliphatic hydroxyl groups is 1. The molecule has 4 heteroatoms. The van der Waals surface area contributed by atoms with Crippen molar-refractivity contribution >= 4 is 5.82 Å². The molecule has 0 spiro atoms. The molecule has 4 nitrogen and oxygen atoms in total. The first kappa shape index (κ1) is 13.1. The fraction of sp³-hybridized carbons (Fsp3) is 0.231. The monoisotopic (exact) mass is 231 g/mol. The van der Waals surface area contributed by atoms with Crippen molar-refractivity contribution in [3.8, 4) is 0 Å². The SMILES string of the molecule is CNc1ccc(Cc2cccnc2)cn1.CO. The van der Waals surface area contributed by atoms with E-state index in [0.717, 1.165) is 19.3 Å². The molecular formula is C13H17N3O. The lowest BCUT2D eigenvalue weighted by molar-refractivity contribution is 0.399. The molecule has 0 saturated heterocycles. The molecule has 0 atom stereocenters. The Kier molecular flexibility index (Phi) is 5.68. The van der Waals surface area contributed by atoms with Crippen LogP contribution < -0.4 is 5.32 Å². The highest BCUT2D eigenvalue weighted by Crippen LogP contribution is 2.09. The van der Waals surface area contributed by atoms with Crippen molar-refractivity contribution in [3.05, 3.63) is 54.0 Å². The number of anilines is 1. The fourth-order valence-electron chi connectivity index (χ4n) is 1.42. The molecule has 2 aromatic heterocycles. The third kappa shape index (κ3) is 4.20. The molecule has 2 heterocycles. The van der Waals surface area contributed by atoms with Crippen molar-refractivity contribution in [2.45, 2.75) is 6.42 Å². The van der Waals surface area contributed by atoms with Crippen LogP contribution in [0.4, 0.5) is 5.82 Å². The second-order valence-electron chi connectivity index (χ2n) is 3.34. The fourth-order valence-corrected chi connectivity index (χ4v) is 1.42. The van der Waals surface area contributed by atoms with E-state index in [0.29, 0.717) is 0 Å². The predicted octanol–water partition coefficient (Wildman–Crippen LogP) is 1.72. The Bertz CT molecular complexity index is 414. The molecule has 0 fully saturated rings. The van der Waals surface area contributed by atoms with E-state index in [1.165, 1.54) is 11.1 Å². The summed E-state index contributed by atoms with van der Waals surface area (Å²) in [6.45, 7) is 0. The number of hydrogen-bond acceptors (Lipinski definition) is 4. The highest BCUT2D eigenvalue weighted by Gasteiger charge is 1.96. The number of nitrogens with one attached hydrogen (secondary N) is 1. The zero-order valence-electron chi connectivity index (χ0n) is 10.1. The lowest BCUT2D eigenvalue weighted by atomic mass is 10.1. The molecular weight excluding hydrogens is 214 g/mol. The lowest BCUT2D eigenvalue weighted by Gasteiger charge is -2.02. The first-order valence-corrected chi connectivity index (χ1v) is 5.35.